The van der Waals surface area contributed by atoms with Crippen LogP contribution in [0, 0.1) is 0 Å². The molecule has 3 heteroatoms. The molecule has 0 bridgehead atoms. The van der Waals surface area contributed by atoms with Gasteiger partial charge in [0.2, 0.25) is 0 Å². The van der Waals surface area contributed by atoms with Gasteiger partial charge in [0.15, 0.2) is 0 Å². The van der Waals surface area contributed by atoms with E-state index in [1.165, 1.54) is 31.4 Å². The SMILES string of the molecule is COC1CCC/C(=N/NC2CC2)C1. The van der Waals surface area contributed by atoms with Crippen LogP contribution in [-0.4, -0.2) is 25.0 Å². The Labute approximate surface area is 79.5 Å². The molecule has 0 aliphatic heterocycles. The van der Waals surface area contributed by atoms with Gasteiger partial charge in [0.25, 0.3) is 0 Å². The van der Waals surface area contributed by atoms with Gasteiger partial charge in [-0.1, -0.05) is 0 Å². The largest absolute Gasteiger partial charge is 0.381 e. The number of hydrogen-bond acceptors (Lipinski definition) is 3. The molecule has 0 aromatic carbocycles. The summed E-state index contributed by atoms with van der Waals surface area (Å²) in [5, 5.41) is 4.43. The van der Waals surface area contributed by atoms with Crippen molar-refractivity contribution in [1.29, 1.82) is 0 Å². The first-order chi connectivity index (χ1) is 6.38. The maximum absolute atomic E-state index is 5.34. The first kappa shape index (κ1) is 9.00. The molecule has 2 aliphatic carbocycles. The van der Waals surface area contributed by atoms with Crippen molar-refractivity contribution in [3.05, 3.63) is 0 Å². The second-order valence-electron chi connectivity index (χ2n) is 4.04. The van der Waals surface area contributed by atoms with E-state index in [-0.39, 0.29) is 0 Å². The maximum atomic E-state index is 5.34. The van der Waals surface area contributed by atoms with Crippen LogP contribution in [0.25, 0.3) is 0 Å². The predicted octanol–water partition coefficient (Wildman–Crippen LogP) is 1.68. The lowest BCUT2D eigenvalue weighted by Crippen LogP contribution is -2.24. The Morgan fingerprint density at radius 1 is 1.38 bits per heavy atom. The number of methoxy groups -OCH3 is 1. The Bertz CT molecular complexity index is 199. The van der Waals surface area contributed by atoms with Gasteiger partial charge in [0.05, 0.1) is 6.10 Å². The van der Waals surface area contributed by atoms with Gasteiger partial charge in [-0.3, -0.25) is 0 Å². The Kier molecular flexibility index (Phi) is 2.83. The fourth-order valence-electron chi connectivity index (χ4n) is 1.70. The van der Waals surface area contributed by atoms with Gasteiger partial charge in [-0.05, 0) is 32.1 Å². The third-order valence-electron chi connectivity index (χ3n) is 2.77. The zero-order valence-electron chi connectivity index (χ0n) is 8.25. The molecule has 13 heavy (non-hydrogen) atoms. The highest BCUT2D eigenvalue weighted by Crippen LogP contribution is 2.21. The standard InChI is InChI=1S/C10H18N2O/c1-13-10-4-2-3-9(7-10)12-11-8-5-6-8/h8,10-11H,2-7H2,1H3/b12-9-. The van der Waals surface area contributed by atoms with Gasteiger partial charge in [-0.25, -0.2) is 0 Å². The molecule has 1 atom stereocenters. The summed E-state index contributed by atoms with van der Waals surface area (Å²) in [5.74, 6) is 0. The number of rotatable bonds is 3. The molecule has 0 aromatic rings. The van der Waals surface area contributed by atoms with E-state index in [2.05, 4.69) is 10.5 Å². The Morgan fingerprint density at radius 3 is 2.92 bits per heavy atom. The summed E-state index contributed by atoms with van der Waals surface area (Å²) in [6, 6.07) is 0.676. The molecular formula is C10H18N2O. The lowest BCUT2D eigenvalue weighted by molar-refractivity contribution is 0.0941. The minimum atomic E-state index is 0.411. The van der Waals surface area contributed by atoms with Crippen LogP contribution in [0.3, 0.4) is 0 Å². The Hall–Kier alpha value is -0.570. The lowest BCUT2D eigenvalue weighted by Gasteiger charge is -2.21. The average molecular weight is 182 g/mol. The predicted molar refractivity (Wildman–Crippen MR) is 52.9 cm³/mol. The Morgan fingerprint density at radius 2 is 2.23 bits per heavy atom. The molecule has 0 heterocycles. The minimum Gasteiger partial charge on any atom is -0.381 e. The molecule has 0 spiro atoms. The number of nitrogens with one attached hydrogen (secondary N) is 1. The van der Waals surface area contributed by atoms with Gasteiger partial charge in [0.1, 0.15) is 0 Å². The smallest absolute Gasteiger partial charge is 0.0624 e. The van der Waals surface area contributed by atoms with E-state index in [0.717, 1.165) is 12.8 Å². The van der Waals surface area contributed by atoms with Crippen molar-refractivity contribution in [3.8, 4) is 0 Å². The van der Waals surface area contributed by atoms with E-state index >= 15 is 0 Å². The van der Waals surface area contributed by atoms with Gasteiger partial charge in [0, 0.05) is 25.3 Å². The molecule has 74 valence electrons. The molecule has 1 N–H and O–H groups in total. The summed E-state index contributed by atoms with van der Waals surface area (Å²) in [4.78, 5) is 0. The molecule has 2 aliphatic rings. The van der Waals surface area contributed by atoms with Crippen LogP contribution in [-0.2, 0) is 4.74 Å². The van der Waals surface area contributed by atoms with Gasteiger partial charge < -0.3 is 10.2 Å². The third kappa shape index (κ3) is 2.69. The van der Waals surface area contributed by atoms with Crippen molar-refractivity contribution in [3.63, 3.8) is 0 Å². The highest BCUT2D eigenvalue weighted by Gasteiger charge is 2.22. The number of ether oxygens (including phenoxy) is 1. The van der Waals surface area contributed by atoms with Crippen LogP contribution in [0.1, 0.15) is 38.5 Å². The van der Waals surface area contributed by atoms with E-state index in [4.69, 9.17) is 4.74 Å². The summed E-state index contributed by atoms with van der Waals surface area (Å²) in [5.41, 5.74) is 4.50. The number of hydrazone groups is 1. The summed E-state index contributed by atoms with van der Waals surface area (Å²) in [6.45, 7) is 0. The number of nitrogens with zero attached hydrogens (tertiary/aromatic N) is 1. The fourth-order valence-corrected chi connectivity index (χ4v) is 1.70. The van der Waals surface area contributed by atoms with Crippen molar-refractivity contribution in [2.45, 2.75) is 50.7 Å². The summed E-state index contributed by atoms with van der Waals surface area (Å²) in [6.07, 6.45) is 7.60. The fraction of sp³-hybridized carbons (Fsp3) is 0.900. The molecule has 2 fully saturated rings. The van der Waals surface area contributed by atoms with Gasteiger partial charge in [-0.2, -0.15) is 5.10 Å². The van der Waals surface area contributed by atoms with E-state index in [1.807, 2.05) is 0 Å². The van der Waals surface area contributed by atoms with Crippen LogP contribution < -0.4 is 5.43 Å². The van der Waals surface area contributed by atoms with Gasteiger partial charge in [-0.15, -0.1) is 0 Å². The van der Waals surface area contributed by atoms with Crippen LogP contribution in [0.2, 0.25) is 0 Å². The molecule has 0 saturated heterocycles. The molecule has 2 saturated carbocycles. The van der Waals surface area contributed by atoms with Crippen molar-refractivity contribution in [2.75, 3.05) is 7.11 Å². The highest BCUT2D eigenvalue weighted by atomic mass is 16.5. The van der Waals surface area contributed by atoms with Crippen molar-refractivity contribution in [2.24, 2.45) is 5.10 Å². The van der Waals surface area contributed by atoms with E-state index in [0.29, 0.717) is 12.1 Å². The zero-order chi connectivity index (χ0) is 9.10. The molecule has 0 radical (unpaired) electrons. The summed E-state index contributed by atoms with van der Waals surface area (Å²) >= 11 is 0. The van der Waals surface area contributed by atoms with Crippen molar-refractivity contribution >= 4 is 5.71 Å². The molecular weight excluding hydrogens is 164 g/mol. The summed E-state index contributed by atoms with van der Waals surface area (Å²) in [7, 11) is 1.79. The van der Waals surface area contributed by atoms with E-state index in [1.54, 1.807) is 7.11 Å². The second kappa shape index (κ2) is 4.09. The molecule has 0 aromatic heterocycles. The monoisotopic (exact) mass is 182 g/mol. The normalized spacial score (nSPS) is 32.1. The first-order valence-corrected chi connectivity index (χ1v) is 5.22. The van der Waals surface area contributed by atoms with Crippen molar-refractivity contribution in [1.82, 2.24) is 5.43 Å². The third-order valence-corrected chi connectivity index (χ3v) is 2.77. The van der Waals surface area contributed by atoms with Crippen LogP contribution >= 0.6 is 0 Å². The summed E-state index contributed by atoms with van der Waals surface area (Å²) < 4.78 is 5.34. The van der Waals surface area contributed by atoms with Crippen LogP contribution in [0.15, 0.2) is 5.10 Å². The Balaban J connectivity index is 1.79. The second-order valence-corrected chi connectivity index (χ2v) is 4.04. The van der Waals surface area contributed by atoms with Gasteiger partial charge >= 0.3 is 0 Å². The molecule has 3 nitrogen and oxygen atoms in total. The highest BCUT2D eigenvalue weighted by molar-refractivity contribution is 5.85. The topological polar surface area (TPSA) is 33.6 Å². The van der Waals surface area contributed by atoms with E-state index in [9.17, 15) is 0 Å². The lowest BCUT2D eigenvalue weighted by atomic mass is 9.96. The number of hydrogen-bond donors (Lipinski definition) is 1. The quantitative estimate of drug-likeness (QED) is 0.674. The minimum absolute atomic E-state index is 0.411. The molecule has 0 amide bonds. The molecule has 2 rings (SSSR count). The average Bonchev–Trinajstić information content (AvgIpc) is 2.99. The maximum Gasteiger partial charge on any atom is 0.0624 e. The van der Waals surface area contributed by atoms with E-state index < -0.39 is 0 Å². The zero-order valence-corrected chi connectivity index (χ0v) is 8.25. The molecule has 1 unspecified atom stereocenters. The van der Waals surface area contributed by atoms with Crippen LogP contribution in [0.5, 0.6) is 0 Å². The van der Waals surface area contributed by atoms with Crippen LogP contribution in [0.4, 0.5) is 0 Å². The first-order valence-electron chi connectivity index (χ1n) is 5.22. The van der Waals surface area contributed by atoms with Crippen molar-refractivity contribution < 1.29 is 4.74 Å².